The van der Waals surface area contributed by atoms with Crippen LogP contribution in [0.2, 0.25) is 0 Å². The minimum absolute atomic E-state index is 0.363. The normalized spacial score (nSPS) is 14.3. The number of fused-ring (bicyclic) bond motifs is 2. The molecule has 0 bridgehead atoms. The Bertz CT molecular complexity index is 958. The molecule has 22 heavy (non-hydrogen) atoms. The van der Waals surface area contributed by atoms with E-state index < -0.39 is 10.0 Å². The lowest BCUT2D eigenvalue weighted by molar-refractivity contribution is 0.593. The van der Waals surface area contributed by atoms with E-state index in [1.165, 1.54) is 4.31 Å². The maximum atomic E-state index is 13.1. The standard InChI is InChI=1S/C18H14NO2S/c20-22(21,19-13-12-15-7-2-4-10-17(15)19)18-11-5-8-14-6-1-3-9-16(14)18/h1-3,5-11H,12-13H2. The zero-order valence-electron chi connectivity index (χ0n) is 11.9. The van der Waals surface area contributed by atoms with Crippen molar-refractivity contribution in [1.82, 2.24) is 0 Å². The molecule has 0 saturated carbocycles. The van der Waals surface area contributed by atoms with Crippen LogP contribution in [0.1, 0.15) is 5.56 Å². The van der Waals surface area contributed by atoms with Crippen molar-refractivity contribution in [3.8, 4) is 0 Å². The topological polar surface area (TPSA) is 37.4 Å². The molecule has 4 rings (SSSR count). The van der Waals surface area contributed by atoms with Gasteiger partial charge in [-0.1, -0.05) is 48.5 Å². The molecule has 1 aliphatic rings. The van der Waals surface area contributed by atoms with Crippen molar-refractivity contribution in [2.45, 2.75) is 11.3 Å². The molecule has 3 aromatic rings. The third-order valence-electron chi connectivity index (χ3n) is 4.10. The molecule has 1 aliphatic heterocycles. The Hall–Kier alpha value is -2.33. The number of anilines is 1. The van der Waals surface area contributed by atoms with Gasteiger partial charge in [-0.05, 0) is 35.6 Å². The Morgan fingerprint density at radius 1 is 1.00 bits per heavy atom. The molecule has 0 aromatic heterocycles. The smallest absolute Gasteiger partial charge is 0.264 e. The lowest BCUT2D eigenvalue weighted by Gasteiger charge is -2.20. The fourth-order valence-electron chi connectivity index (χ4n) is 3.03. The van der Waals surface area contributed by atoms with Crippen LogP contribution in [0.15, 0.2) is 65.6 Å². The predicted octanol–water partition coefficient (Wildman–Crippen LogP) is 3.39. The minimum Gasteiger partial charge on any atom is -0.266 e. The van der Waals surface area contributed by atoms with Crippen molar-refractivity contribution in [1.29, 1.82) is 0 Å². The van der Waals surface area contributed by atoms with Crippen LogP contribution in [0.5, 0.6) is 0 Å². The van der Waals surface area contributed by atoms with Crippen molar-refractivity contribution in [2.24, 2.45) is 0 Å². The lowest BCUT2D eigenvalue weighted by atomic mass is 10.1. The predicted molar refractivity (Wildman–Crippen MR) is 87.5 cm³/mol. The summed E-state index contributed by atoms with van der Waals surface area (Å²) in [5, 5.41) is 1.70. The van der Waals surface area contributed by atoms with Crippen LogP contribution in [0.4, 0.5) is 5.69 Å². The first-order chi connectivity index (χ1) is 10.7. The summed E-state index contributed by atoms with van der Waals surface area (Å²) >= 11 is 0. The van der Waals surface area contributed by atoms with E-state index in [-0.39, 0.29) is 0 Å². The van der Waals surface area contributed by atoms with Gasteiger partial charge >= 0.3 is 0 Å². The van der Waals surface area contributed by atoms with Crippen LogP contribution in [-0.2, 0) is 16.4 Å². The van der Waals surface area contributed by atoms with Crippen molar-refractivity contribution < 1.29 is 8.42 Å². The molecule has 0 saturated heterocycles. The maximum Gasteiger partial charge on any atom is 0.264 e. The van der Waals surface area contributed by atoms with Crippen molar-refractivity contribution in [3.63, 3.8) is 0 Å². The Balaban J connectivity index is 1.92. The number of sulfonamides is 1. The number of nitrogens with zero attached hydrogens (tertiary/aromatic N) is 1. The summed E-state index contributed by atoms with van der Waals surface area (Å²) in [6, 6.07) is 21.5. The Kier molecular flexibility index (Phi) is 2.94. The summed E-state index contributed by atoms with van der Waals surface area (Å²) in [6.45, 7) is 0.485. The lowest BCUT2D eigenvalue weighted by Crippen LogP contribution is -2.29. The van der Waals surface area contributed by atoms with Crippen LogP contribution in [0, 0.1) is 6.07 Å². The first-order valence-electron chi connectivity index (χ1n) is 7.17. The summed E-state index contributed by atoms with van der Waals surface area (Å²) in [7, 11) is -3.57. The van der Waals surface area contributed by atoms with E-state index in [2.05, 4.69) is 6.07 Å². The van der Waals surface area contributed by atoms with Crippen LogP contribution in [-0.4, -0.2) is 15.0 Å². The minimum atomic E-state index is -3.57. The van der Waals surface area contributed by atoms with E-state index in [0.717, 1.165) is 28.4 Å². The van der Waals surface area contributed by atoms with E-state index in [9.17, 15) is 8.42 Å². The Morgan fingerprint density at radius 3 is 2.73 bits per heavy atom. The second kappa shape index (κ2) is 4.85. The van der Waals surface area contributed by atoms with E-state index >= 15 is 0 Å². The highest BCUT2D eigenvalue weighted by Crippen LogP contribution is 2.34. The maximum absolute atomic E-state index is 13.1. The second-order valence-electron chi connectivity index (χ2n) is 5.36. The average Bonchev–Trinajstić information content (AvgIpc) is 2.99. The van der Waals surface area contributed by atoms with Crippen LogP contribution in [0.3, 0.4) is 0 Å². The Labute approximate surface area is 129 Å². The number of rotatable bonds is 2. The highest BCUT2D eigenvalue weighted by molar-refractivity contribution is 7.93. The quantitative estimate of drug-likeness (QED) is 0.727. The molecule has 0 fully saturated rings. The van der Waals surface area contributed by atoms with E-state index in [1.54, 1.807) is 18.2 Å². The largest absolute Gasteiger partial charge is 0.266 e. The van der Waals surface area contributed by atoms with Crippen molar-refractivity contribution in [3.05, 3.63) is 72.3 Å². The zero-order valence-corrected chi connectivity index (χ0v) is 12.7. The molecule has 0 N–H and O–H groups in total. The highest BCUT2D eigenvalue weighted by atomic mass is 32.2. The van der Waals surface area contributed by atoms with Gasteiger partial charge < -0.3 is 0 Å². The van der Waals surface area contributed by atoms with Gasteiger partial charge in [0.25, 0.3) is 10.0 Å². The van der Waals surface area contributed by atoms with Crippen LogP contribution < -0.4 is 4.31 Å². The average molecular weight is 308 g/mol. The summed E-state index contributed by atoms with van der Waals surface area (Å²) in [4.78, 5) is 0.363. The molecule has 4 heteroatoms. The summed E-state index contributed by atoms with van der Waals surface area (Å²) < 4.78 is 27.7. The highest BCUT2D eigenvalue weighted by Gasteiger charge is 2.31. The van der Waals surface area contributed by atoms with Gasteiger partial charge in [-0.3, -0.25) is 4.31 Å². The van der Waals surface area contributed by atoms with Gasteiger partial charge in [0, 0.05) is 11.9 Å². The monoisotopic (exact) mass is 308 g/mol. The molecule has 0 atom stereocenters. The number of hydrogen-bond acceptors (Lipinski definition) is 2. The van der Waals surface area contributed by atoms with Gasteiger partial charge in [0.2, 0.25) is 0 Å². The van der Waals surface area contributed by atoms with E-state index in [1.807, 2.05) is 42.5 Å². The fraction of sp³-hybridized carbons (Fsp3) is 0.111. The van der Waals surface area contributed by atoms with Gasteiger partial charge in [0.1, 0.15) is 0 Å². The van der Waals surface area contributed by atoms with Crippen LogP contribution >= 0.6 is 0 Å². The van der Waals surface area contributed by atoms with Crippen molar-refractivity contribution in [2.75, 3.05) is 10.8 Å². The number of benzene rings is 3. The molecule has 1 heterocycles. The van der Waals surface area contributed by atoms with Crippen molar-refractivity contribution >= 4 is 26.5 Å². The SMILES string of the molecule is O=S(=O)(c1cccc2ccccc12)N1CCc2cc[c]cc21. The zero-order chi connectivity index (χ0) is 15.2. The summed E-state index contributed by atoms with van der Waals surface area (Å²) in [5.74, 6) is 0. The number of hydrogen-bond donors (Lipinski definition) is 0. The van der Waals surface area contributed by atoms with Gasteiger partial charge in [0.05, 0.1) is 10.6 Å². The Morgan fingerprint density at radius 2 is 1.82 bits per heavy atom. The molecular formula is C18H14NO2S. The second-order valence-corrected chi connectivity index (χ2v) is 7.19. The van der Waals surface area contributed by atoms with Gasteiger partial charge in [-0.15, -0.1) is 0 Å². The molecule has 3 aromatic carbocycles. The van der Waals surface area contributed by atoms with Gasteiger partial charge in [-0.25, -0.2) is 8.42 Å². The molecule has 0 aliphatic carbocycles. The third kappa shape index (κ3) is 1.91. The van der Waals surface area contributed by atoms with Gasteiger partial charge in [-0.2, -0.15) is 0 Å². The third-order valence-corrected chi connectivity index (χ3v) is 5.97. The van der Waals surface area contributed by atoms with E-state index in [4.69, 9.17) is 0 Å². The molecule has 0 unspecified atom stereocenters. The first kappa shape index (κ1) is 13.3. The molecule has 0 amide bonds. The summed E-state index contributed by atoms with van der Waals surface area (Å²) in [5.41, 5.74) is 1.80. The molecule has 109 valence electrons. The summed E-state index contributed by atoms with van der Waals surface area (Å²) in [6.07, 6.45) is 0.744. The van der Waals surface area contributed by atoms with E-state index in [0.29, 0.717) is 11.4 Å². The fourth-order valence-corrected chi connectivity index (χ4v) is 4.74. The van der Waals surface area contributed by atoms with Crippen LogP contribution in [0.25, 0.3) is 10.8 Å². The first-order valence-corrected chi connectivity index (χ1v) is 8.61. The molecule has 0 spiro atoms. The molecule has 3 nitrogen and oxygen atoms in total. The van der Waals surface area contributed by atoms with Gasteiger partial charge in [0.15, 0.2) is 0 Å². The molecular weight excluding hydrogens is 294 g/mol. The molecule has 1 radical (unpaired) electrons.